The molecule has 0 fully saturated rings. The van der Waals surface area contributed by atoms with Crippen molar-refractivity contribution in [1.29, 1.82) is 0 Å². The van der Waals surface area contributed by atoms with Gasteiger partial charge in [0.25, 0.3) is 0 Å². The van der Waals surface area contributed by atoms with Gasteiger partial charge in [-0.3, -0.25) is 37.3 Å². The van der Waals surface area contributed by atoms with Gasteiger partial charge in [-0.05, 0) is 43.4 Å². The van der Waals surface area contributed by atoms with Gasteiger partial charge >= 0.3 is 39.5 Å². The van der Waals surface area contributed by atoms with Gasteiger partial charge in [0.15, 0.2) is 12.2 Å². The fourth-order valence-corrected chi connectivity index (χ4v) is 11.2. The SMILES string of the molecule is CCCCCCCCCC(=O)OC[C@H](COP(=O)(O)OC[C@H](O)COP(=O)(O)OC[C@@H](COC(=O)CCCCCCCCCC(C)C)OC(=O)CCCCCCCCCCCCCCCCC(C)CC)OC(=O)CCCCCCCCC(C)C. The highest BCUT2D eigenvalue weighted by Gasteiger charge is 2.30. The number of hydrogen-bond donors (Lipinski definition) is 3. The largest absolute Gasteiger partial charge is 0.472 e. The van der Waals surface area contributed by atoms with Crippen LogP contribution in [0.15, 0.2) is 0 Å². The van der Waals surface area contributed by atoms with Gasteiger partial charge in [0.1, 0.15) is 19.3 Å². The predicted octanol–water partition coefficient (Wildman–Crippen LogP) is 17.9. The molecule has 498 valence electrons. The molecule has 0 aromatic heterocycles. The normalized spacial score (nSPS) is 14.7. The van der Waals surface area contributed by atoms with Crippen molar-refractivity contribution in [2.24, 2.45) is 17.8 Å². The summed E-state index contributed by atoms with van der Waals surface area (Å²) >= 11 is 0. The summed E-state index contributed by atoms with van der Waals surface area (Å²) in [6, 6.07) is 0. The highest BCUT2D eigenvalue weighted by atomic mass is 31.2. The van der Waals surface area contributed by atoms with Gasteiger partial charge in [-0.1, -0.05) is 267 Å². The highest BCUT2D eigenvalue weighted by molar-refractivity contribution is 7.47. The van der Waals surface area contributed by atoms with Crippen LogP contribution >= 0.6 is 15.6 Å². The topological polar surface area (TPSA) is 237 Å². The lowest BCUT2D eigenvalue weighted by molar-refractivity contribution is -0.161. The van der Waals surface area contributed by atoms with Gasteiger partial charge in [0.05, 0.1) is 26.4 Å². The fourth-order valence-electron chi connectivity index (χ4n) is 9.62. The number of rotatable bonds is 63. The monoisotopic (exact) mass is 1240 g/mol. The van der Waals surface area contributed by atoms with E-state index in [1.54, 1.807) is 0 Å². The van der Waals surface area contributed by atoms with Gasteiger partial charge in [0.2, 0.25) is 0 Å². The van der Waals surface area contributed by atoms with Crippen molar-refractivity contribution in [3.05, 3.63) is 0 Å². The van der Waals surface area contributed by atoms with E-state index >= 15 is 0 Å². The Morgan fingerprint density at radius 2 is 0.607 bits per heavy atom. The van der Waals surface area contributed by atoms with Crippen LogP contribution in [0.2, 0.25) is 0 Å². The van der Waals surface area contributed by atoms with Crippen LogP contribution in [-0.2, 0) is 65.4 Å². The van der Waals surface area contributed by atoms with Crippen LogP contribution in [-0.4, -0.2) is 96.7 Å². The van der Waals surface area contributed by atoms with Crippen LogP contribution in [0.4, 0.5) is 0 Å². The minimum absolute atomic E-state index is 0.101. The summed E-state index contributed by atoms with van der Waals surface area (Å²) in [6.45, 7) is 11.7. The van der Waals surface area contributed by atoms with E-state index in [9.17, 15) is 43.2 Å². The van der Waals surface area contributed by atoms with Gasteiger partial charge in [-0.2, -0.15) is 0 Å². The van der Waals surface area contributed by atoms with E-state index in [1.807, 2.05) is 0 Å². The van der Waals surface area contributed by atoms with Gasteiger partial charge in [-0.25, -0.2) is 9.13 Å². The van der Waals surface area contributed by atoms with Crippen molar-refractivity contribution < 1.29 is 80.2 Å². The van der Waals surface area contributed by atoms with Gasteiger partial charge in [0, 0.05) is 25.7 Å². The Morgan fingerprint density at radius 1 is 0.345 bits per heavy atom. The van der Waals surface area contributed by atoms with Crippen LogP contribution in [0, 0.1) is 17.8 Å². The molecule has 0 rings (SSSR count). The Labute approximate surface area is 511 Å². The number of hydrogen-bond acceptors (Lipinski definition) is 15. The van der Waals surface area contributed by atoms with E-state index in [4.69, 9.17) is 37.0 Å². The third-order valence-electron chi connectivity index (χ3n) is 15.2. The molecule has 19 heteroatoms. The first-order valence-corrected chi connectivity index (χ1v) is 36.9. The number of phosphoric acid groups is 2. The van der Waals surface area contributed by atoms with E-state index in [0.29, 0.717) is 37.5 Å². The molecule has 0 aliphatic rings. The lowest BCUT2D eigenvalue weighted by Crippen LogP contribution is -2.30. The molecule has 0 bridgehead atoms. The lowest BCUT2D eigenvalue weighted by Gasteiger charge is -2.21. The molecule has 6 atom stereocenters. The molecule has 0 saturated heterocycles. The number of unbranched alkanes of at least 4 members (excludes halogenated alkanes) is 30. The molecule has 0 saturated carbocycles. The summed E-state index contributed by atoms with van der Waals surface area (Å²) < 4.78 is 67.9. The average Bonchev–Trinajstić information content (AvgIpc) is 3.47. The number of carbonyl (C=O) groups is 4. The standard InChI is InChI=1S/C65H126O17P2/c1-8-10-11-12-22-32-39-46-62(67)75-52-61(82-65(70)49-42-35-28-27-30-37-44-57(5)6)55-80-84(73,74)78-51-59(66)50-77-83(71,72)79-54-60(53-76-63(68)47-40-33-26-21-23-29-36-43-56(3)4)81-64(69)48-41-34-25-20-18-16-14-13-15-17-19-24-31-38-45-58(7)9-2/h56-61,66H,8-55H2,1-7H3,(H,71,72)(H,73,74)/t58?,59-,60-,61-/m1/s1. The third kappa shape index (κ3) is 57.8. The second-order valence-electron chi connectivity index (χ2n) is 24.7. The molecule has 0 aromatic rings. The highest BCUT2D eigenvalue weighted by Crippen LogP contribution is 2.45. The van der Waals surface area contributed by atoms with Crippen molar-refractivity contribution in [3.63, 3.8) is 0 Å². The number of aliphatic hydroxyl groups excluding tert-OH is 1. The Bertz CT molecular complexity index is 1670. The van der Waals surface area contributed by atoms with Crippen molar-refractivity contribution in [1.82, 2.24) is 0 Å². The molecule has 0 spiro atoms. The summed E-state index contributed by atoms with van der Waals surface area (Å²) in [5.41, 5.74) is 0. The first-order chi connectivity index (χ1) is 40.3. The zero-order chi connectivity index (χ0) is 62.4. The maximum absolute atomic E-state index is 13.0. The molecular formula is C65H126O17P2. The Balaban J connectivity index is 5.17. The van der Waals surface area contributed by atoms with E-state index in [1.165, 1.54) is 109 Å². The molecule has 3 unspecified atom stereocenters. The van der Waals surface area contributed by atoms with E-state index < -0.39 is 97.5 Å². The molecule has 0 aliphatic heterocycles. The first-order valence-electron chi connectivity index (χ1n) is 33.9. The van der Waals surface area contributed by atoms with E-state index in [-0.39, 0.29) is 25.7 Å². The second-order valence-corrected chi connectivity index (χ2v) is 27.6. The minimum atomic E-state index is -4.95. The van der Waals surface area contributed by atoms with Crippen molar-refractivity contribution >= 4 is 39.5 Å². The van der Waals surface area contributed by atoms with Crippen LogP contribution in [0.25, 0.3) is 0 Å². The molecule has 84 heavy (non-hydrogen) atoms. The van der Waals surface area contributed by atoms with Crippen molar-refractivity contribution in [2.45, 2.75) is 336 Å². The number of aliphatic hydroxyl groups is 1. The van der Waals surface area contributed by atoms with Crippen LogP contribution < -0.4 is 0 Å². The van der Waals surface area contributed by atoms with Crippen molar-refractivity contribution in [2.75, 3.05) is 39.6 Å². The van der Waals surface area contributed by atoms with Crippen molar-refractivity contribution in [3.8, 4) is 0 Å². The Kier molecular flexibility index (Phi) is 55.0. The Hall–Kier alpha value is -1.94. The van der Waals surface area contributed by atoms with Gasteiger partial charge < -0.3 is 33.8 Å². The maximum atomic E-state index is 13.0. The summed E-state index contributed by atoms with van der Waals surface area (Å²) in [5.74, 6) is 0.0771. The number of ether oxygens (including phenoxy) is 4. The first kappa shape index (κ1) is 82.1. The lowest BCUT2D eigenvalue weighted by atomic mass is 9.99. The fraction of sp³-hybridized carbons (Fsp3) is 0.938. The molecule has 0 aliphatic carbocycles. The smallest absolute Gasteiger partial charge is 0.462 e. The summed E-state index contributed by atoms with van der Waals surface area (Å²) in [6.07, 6.45) is 37.9. The van der Waals surface area contributed by atoms with Gasteiger partial charge in [-0.15, -0.1) is 0 Å². The quantitative estimate of drug-likeness (QED) is 0.0222. The zero-order valence-corrected chi connectivity index (χ0v) is 56.1. The summed E-state index contributed by atoms with van der Waals surface area (Å²) in [7, 11) is -9.88. The molecule has 0 heterocycles. The summed E-state index contributed by atoms with van der Waals surface area (Å²) in [4.78, 5) is 72.1. The molecule has 0 amide bonds. The average molecular weight is 1240 g/mol. The van der Waals surface area contributed by atoms with Crippen LogP contribution in [0.1, 0.15) is 318 Å². The van der Waals surface area contributed by atoms with E-state index in [2.05, 4.69) is 48.5 Å². The Morgan fingerprint density at radius 3 is 0.905 bits per heavy atom. The molecule has 17 nitrogen and oxygen atoms in total. The molecule has 0 aromatic carbocycles. The number of carbonyl (C=O) groups excluding carboxylic acids is 4. The predicted molar refractivity (Wildman–Crippen MR) is 335 cm³/mol. The molecule has 0 radical (unpaired) electrons. The second kappa shape index (κ2) is 56.3. The maximum Gasteiger partial charge on any atom is 0.472 e. The van der Waals surface area contributed by atoms with E-state index in [0.717, 1.165) is 115 Å². The van der Waals surface area contributed by atoms with Crippen LogP contribution in [0.3, 0.4) is 0 Å². The molecular weight excluding hydrogens is 1110 g/mol. The molecule has 3 N–H and O–H groups in total. The summed E-state index contributed by atoms with van der Waals surface area (Å²) in [5, 5.41) is 10.5. The third-order valence-corrected chi connectivity index (χ3v) is 17.1. The number of phosphoric ester groups is 2. The number of esters is 4. The zero-order valence-electron chi connectivity index (χ0n) is 54.4. The van der Waals surface area contributed by atoms with Crippen LogP contribution in [0.5, 0.6) is 0 Å². The minimum Gasteiger partial charge on any atom is -0.462 e.